The summed E-state index contributed by atoms with van der Waals surface area (Å²) in [4.78, 5) is 23.7. The molecule has 33 heavy (non-hydrogen) atoms. The maximum Gasteiger partial charge on any atom is 0.306 e. The highest BCUT2D eigenvalue weighted by Crippen LogP contribution is 2.18. The third-order valence-corrected chi connectivity index (χ3v) is 5.88. The molecule has 1 N–H and O–H groups in total. The standard InChI is InChI=1S/C28H40O5/c1-2-32-28(31)22-20-24-19-21-27(33-24)26(30)18-12-10-8-6-4-3-5-7-9-11-17-25(29)23-15-13-14-16-23/h13-16,19,21,29H,2-12,17-18,20,22H2,1H3. The van der Waals surface area contributed by atoms with Gasteiger partial charge in [0, 0.05) is 24.8 Å². The van der Waals surface area contributed by atoms with Gasteiger partial charge in [-0.05, 0) is 31.9 Å². The van der Waals surface area contributed by atoms with Gasteiger partial charge in [0.2, 0.25) is 0 Å². The summed E-state index contributed by atoms with van der Waals surface area (Å²) < 4.78 is 10.5. The number of furan rings is 1. The molecule has 2 rings (SSSR count). The number of Topliss-reactive ketones (excluding diaryl/α,β-unsaturated/α-hetero) is 1. The number of rotatable bonds is 18. The van der Waals surface area contributed by atoms with E-state index in [1.54, 1.807) is 19.1 Å². The molecule has 0 radical (unpaired) electrons. The number of unbranched alkanes of at least 4 members (excludes halogenated alkanes) is 9. The molecule has 5 heteroatoms. The SMILES string of the molecule is CCOC(=O)CCc1ccc(C(=O)CCCCCCCCCCCCC(O)=C2C=CC=C2)o1. The average molecular weight is 457 g/mol. The quantitative estimate of drug-likeness (QED) is 0.107. The van der Waals surface area contributed by atoms with E-state index in [2.05, 4.69) is 0 Å². The van der Waals surface area contributed by atoms with Gasteiger partial charge >= 0.3 is 5.97 Å². The number of esters is 1. The molecule has 0 unspecified atom stereocenters. The molecular weight excluding hydrogens is 416 g/mol. The Kier molecular flexibility index (Phi) is 13.0. The molecule has 182 valence electrons. The first kappa shape index (κ1) is 26.7. The van der Waals surface area contributed by atoms with Crippen LogP contribution in [0.25, 0.3) is 0 Å². The molecule has 1 aliphatic carbocycles. The van der Waals surface area contributed by atoms with Crippen LogP contribution in [0.4, 0.5) is 0 Å². The molecular formula is C28H40O5. The zero-order valence-electron chi connectivity index (χ0n) is 20.2. The smallest absolute Gasteiger partial charge is 0.306 e. The Bertz CT molecular complexity index is 798. The molecule has 5 nitrogen and oxygen atoms in total. The minimum atomic E-state index is -0.245. The van der Waals surface area contributed by atoms with Crippen molar-refractivity contribution >= 4 is 11.8 Å². The van der Waals surface area contributed by atoms with Gasteiger partial charge in [-0.15, -0.1) is 0 Å². The maximum absolute atomic E-state index is 12.3. The monoisotopic (exact) mass is 456 g/mol. The predicted octanol–water partition coefficient (Wildman–Crippen LogP) is 7.58. The van der Waals surface area contributed by atoms with Crippen molar-refractivity contribution < 1.29 is 23.8 Å². The number of ketones is 1. The van der Waals surface area contributed by atoms with E-state index in [0.717, 1.165) is 31.3 Å². The lowest BCUT2D eigenvalue weighted by atomic mass is 10.0. The second kappa shape index (κ2) is 16.1. The normalized spacial score (nSPS) is 12.5. The number of carbonyl (C=O) groups excluding carboxylic acids is 2. The third kappa shape index (κ3) is 11.2. The lowest BCUT2D eigenvalue weighted by molar-refractivity contribution is -0.143. The molecule has 0 fully saturated rings. The fraction of sp³-hybridized carbons (Fsp3) is 0.571. The van der Waals surface area contributed by atoms with Crippen molar-refractivity contribution in [3.8, 4) is 0 Å². The van der Waals surface area contributed by atoms with Crippen LogP contribution in [0, 0.1) is 0 Å². The van der Waals surface area contributed by atoms with Crippen LogP contribution in [0.2, 0.25) is 0 Å². The molecule has 0 saturated carbocycles. The van der Waals surface area contributed by atoms with Crippen molar-refractivity contribution in [2.75, 3.05) is 6.61 Å². The van der Waals surface area contributed by atoms with E-state index in [9.17, 15) is 14.7 Å². The van der Waals surface area contributed by atoms with Crippen LogP contribution >= 0.6 is 0 Å². The fourth-order valence-electron chi connectivity index (χ4n) is 3.95. The Morgan fingerprint density at radius 1 is 0.818 bits per heavy atom. The lowest BCUT2D eigenvalue weighted by Gasteiger charge is -2.04. The number of aliphatic hydroxyl groups is 1. The van der Waals surface area contributed by atoms with Gasteiger partial charge in [0.25, 0.3) is 0 Å². The first-order valence-corrected chi connectivity index (χ1v) is 12.6. The largest absolute Gasteiger partial charge is 0.512 e. The minimum absolute atomic E-state index is 0.0408. The van der Waals surface area contributed by atoms with Crippen LogP contribution in [-0.4, -0.2) is 23.5 Å². The zero-order chi connectivity index (χ0) is 23.7. The summed E-state index contributed by atoms with van der Waals surface area (Å²) in [7, 11) is 0. The summed E-state index contributed by atoms with van der Waals surface area (Å²) >= 11 is 0. The van der Waals surface area contributed by atoms with E-state index in [1.165, 1.54) is 44.9 Å². The molecule has 0 aliphatic heterocycles. The number of carbonyl (C=O) groups is 2. The van der Waals surface area contributed by atoms with Crippen molar-refractivity contribution in [3.63, 3.8) is 0 Å². The molecule has 0 saturated heterocycles. The van der Waals surface area contributed by atoms with E-state index in [0.29, 0.717) is 36.7 Å². The first-order valence-electron chi connectivity index (χ1n) is 12.6. The van der Waals surface area contributed by atoms with Crippen LogP contribution in [-0.2, 0) is 16.0 Å². The van der Waals surface area contributed by atoms with Gasteiger partial charge < -0.3 is 14.3 Å². The van der Waals surface area contributed by atoms with Crippen LogP contribution in [0.3, 0.4) is 0 Å². The van der Waals surface area contributed by atoms with E-state index in [-0.39, 0.29) is 18.2 Å². The van der Waals surface area contributed by atoms with E-state index in [1.807, 2.05) is 24.3 Å². The van der Waals surface area contributed by atoms with E-state index in [4.69, 9.17) is 9.15 Å². The Hall–Kier alpha value is -2.56. The predicted molar refractivity (Wildman–Crippen MR) is 131 cm³/mol. The van der Waals surface area contributed by atoms with E-state index >= 15 is 0 Å². The average Bonchev–Trinajstić information content (AvgIpc) is 3.51. The van der Waals surface area contributed by atoms with Crippen molar-refractivity contribution in [1.29, 1.82) is 0 Å². The third-order valence-electron chi connectivity index (χ3n) is 5.88. The summed E-state index contributed by atoms with van der Waals surface area (Å²) in [6.45, 7) is 2.16. The number of allylic oxidation sites excluding steroid dienone is 6. The number of aryl methyl sites for hydroxylation is 1. The maximum atomic E-state index is 12.3. The Morgan fingerprint density at radius 3 is 2.00 bits per heavy atom. The summed E-state index contributed by atoms with van der Waals surface area (Å²) in [5, 5.41) is 9.98. The Morgan fingerprint density at radius 2 is 1.39 bits per heavy atom. The van der Waals surface area contributed by atoms with Crippen molar-refractivity contribution in [2.45, 2.75) is 96.8 Å². The lowest BCUT2D eigenvalue weighted by Crippen LogP contribution is -2.04. The second-order valence-corrected chi connectivity index (χ2v) is 8.65. The highest BCUT2D eigenvalue weighted by Gasteiger charge is 2.12. The molecule has 0 spiro atoms. The van der Waals surface area contributed by atoms with Crippen LogP contribution in [0.1, 0.15) is 107 Å². The minimum Gasteiger partial charge on any atom is -0.512 e. The van der Waals surface area contributed by atoms with Crippen molar-refractivity contribution in [3.05, 3.63) is 59.3 Å². The first-order chi connectivity index (χ1) is 16.1. The van der Waals surface area contributed by atoms with Gasteiger partial charge in [-0.3, -0.25) is 9.59 Å². The molecule has 1 aromatic heterocycles. The topological polar surface area (TPSA) is 76.7 Å². The summed E-state index contributed by atoms with van der Waals surface area (Å²) in [6.07, 6.45) is 21.4. The van der Waals surface area contributed by atoms with Crippen LogP contribution in [0.15, 0.2) is 52.2 Å². The van der Waals surface area contributed by atoms with Gasteiger partial charge in [-0.25, -0.2) is 0 Å². The summed E-state index contributed by atoms with van der Waals surface area (Å²) in [5.41, 5.74) is 0.955. The summed E-state index contributed by atoms with van der Waals surface area (Å²) in [6, 6.07) is 3.49. The van der Waals surface area contributed by atoms with Gasteiger partial charge in [-0.2, -0.15) is 0 Å². The molecule has 1 aliphatic rings. The van der Waals surface area contributed by atoms with Gasteiger partial charge in [0.1, 0.15) is 5.76 Å². The van der Waals surface area contributed by atoms with Gasteiger partial charge in [0.05, 0.1) is 18.8 Å². The Balaban J connectivity index is 1.41. The van der Waals surface area contributed by atoms with Crippen LogP contribution in [0.5, 0.6) is 0 Å². The van der Waals surface area contributed by atoms with Crippen molar-refractivity contribution in [2.24, 2.45) is 0 Å². The molecule has 0 amide bonds. The highest BCUT2D eigenvalue weighted by molar-refractivity contribution is 5.93. The highest BCUT2D eigenvalue weighted by atomic mass is 16.5. The molecule has 1 aromatic rings. The number of hydrogen-bond acceptors (Lipinski definition) is 5. The molecule has 0 atom stereocenters. The molecule has 0 bridgehead atoms. The molecule has 0 aromatic carbocycles. The fourth-order valence-corrected chi connectivity index (χ4v) is 3.95. The summed E-state index contributed by atoms with van der Waals surface area (Å²) in [5.74, 6) is 1.36. The Labute approximate surface area is 198 Å². The van der Waals surface area contributed by atoms with Gasteiger partial charge in [0.15, 0.2) is 11.5 Å². The van der Waals surface area contributed by atoms with Crippen molar-refractivity contribution in [1.82, 2.24) is 0 Å². The number of ether oxygens (including phenoxy) is 1. The van der Waals surface area contributed by atoms with E-state index < -0.39 is 0 Å². The number of hydrogen-bond donors (Lipinski definition) is 1. The second-order valence-electron chi connectivity index (χ2n) is 8.65. The van der Waals surface area contributed by atoms with Gasteiger partial charge in [-0.1, -0.05) is 75.7 Å². The zero-order valence-corrected chi connectivity index (χ0v) is 20.2. The number of aliphatic hydroxyl groups excluding tert-OH is 1. The van der Waals surface area contributed by atoms with Crippen LogP contribution < -0.4 is 0 Å². The molecule has 1 heterocycles.